The molecule has 0 unspecified atom stereocenters. The van der Waals surface area contributed by atoms with E-state index in [1.54, 1.807) is 36.4 Å². The lowest BCUT2D eigenvalue weighted by Crippen LogP contribution is -2.33. The summed E-state index contributed by atoms with van der Waals surface area (Å²) in [5.74, 6) is -0.490. The molecule has 2 N–H and O–H groups in total. The fourth-order valence-electron chi connectivity index (χ4n) is 2.34. The molecule has 0 aliphatic rings. The zero-order chi connectivity index (χ0) is 19.4. The number of nitrogens with zero attached hydrogens (tertiary/aromatic N) is 4. The highest BCUT2D eigenvalue weighted by atomic mass is 32.2. The molecular formula is C17H18N6O3S. The third-order valence-corrected chi connectivity index (χ3v) is 5.35. The molecule has 0 aliphatic carbocycles. The van der Waals surface area contributed by atoms with E-state index in [-0.39, 0.29) is 11.4 Å². The molecule has 0 fully saturated rings. The number of carbonyl (C=O) groups is 1. The summed E-state index contributed by atoms with van der Waals surface area (Å²) in [5.41, 5.74) is 3.02. The van der Waals surface area contributed by atoms with Gasteiger partial charge in [0.25, 0.3) is 0 Å². The highest BCUT2D eigenvalue weighted by Gasteiger charge is 2.16. The van der Waals surface area contributed by atoms with Crippen molar-refractivity contribution in [2.24, 2.45) is 0 Å². The maximum absolute atomic E-state index is 12.3. The maximum Gasteiger partial charge on any atom is 0.241 e. The van der Waals surface area contributed by atoms with E-state index in [0.29, 0.717) is 11.4 Å². The summed E-state index contributed by atoms with van der Waals surface area (Å²) in [6.45, 7) is 3.35. The molecule has 0 bridgehead atoms. The van der Waals surface area contributed by atoms with Crippen molar-refractivity contribution in [3.8, 4) is 5.69 Å². The highest BCUT2D eigenvalue weighted by molar-refractivity contribution is 7.89. The number of aromatic nitrogens is 4. The fraction of sp³-hybridized carbons (Fsp3) is 0.176. The number of amides is 1. The Morgan fingerprint density at radius 3 is 2.63 bits per heavy atom. The van der Waals surface area contributed by atoms with Crippen molar-refractivity contribution in [1.29, 1.82) is 0 Å². The Labute approximate surface area is 156 Å². The first kappa shape index (κ1) is 18.7. The van der Waals surface area contributed by atoms with E-state index in [2.05, 4.69) is 25.6 Å². The Morgan fingerprint density at radius 1 is 1.11 bits per heavy atom. The van der Waals surface area contributed by atoms with Gasteiger partial charge in [0, 0.05) is 5.69 Å². The number of nitrogens with one attached hydrogen (secondary N) is 2. The summed E-state index contributed by atoms with van der Waals surface area (Å²) in [6.07, 6.45) is 1.43. The lowest BCUT2D eigenvalue weighted by Gasteiger charge is -2.10. The zero-order valence-electron chi connectivity index (χ0n) is 14.7. The minimum Gasteiger partial charge on any atom is -0.325 e. The van der Waals surface area contributed by atoms with Crippen LogP contribution >= 0.6 is 0 Å². The average molecular weight is 386 g/mol. The molecule has 0 aliphatic heterocycles. The predicted octanol–water partition coefficient (Wildman–Crippen LogP) is 1.20. The predicted molar refractivity (Wildman–Crippen MR) is 98.9 cm³/mol. The van der Waals surface area contributed by atoms with Crippen molar-refractivity contribution in [3.05, 3.63) is 59.9 Å². The SMILES string of the molecule is Cc1ccc(S(=O)(=O)NCC(=O)Nc2cccc(-n3cnnn3)c2)cc1C. The van der Waals surface area contributed by atoms with Crippen molar-refractivity contribution in [2.75, 3.05) is 11.9 Å². The van der Waals surface area contributed by atoms with Crippen molar-refractivity contribution >= 4 is 21.6 Å². The Balaban J connectivity index is 1.64. The van der Waals surface area contributed by atoms with Gasteiger partial charge in [-0.2, -0.15) is 0 Å². The van der Waals surface area contributed by atoms with Gasteiger partial charge in [0.2, 0.25) is 15.9 Å². The summed E-state index contributed by atoms with van der Waals surface area (Å²) < 4.78 is 28.4. The first-order valence-electron chi connectivity index (χ1n) is 8.05. The van der Waals surface area contributed by atoms with Gasteiger partial charge in [0.15, 0.2) is 0 Å². The molecule has 1 amide bonds. The second kappa shape index (κ2) is 7.64. The van der Waals surface area contributed by atoms with Crippen LogP contribution in [0.15, 0.2) is 53.7 Å². The minimum absolute atomic E-state index is 0.124. The molecule has 2 aromatic carbocycles. The standard InChI is InChI=1S/C17H18N6O3S/c1-12-6-7-16(8-13(12)2)27(25,26)19-10-17(24)20-14-4-3-5-15(9-14)23-11-18-21-22-23/h3-9,11,19H,10H2,1-2H3,(H,20,24). The largest absolute Gasteiger partial charge is 0.325 e. The molecule has 0 saturated carbocycles. The Hall–Kier alpha value is -3.11. The summed E-state index contributed by atoms with van der Waals surface area (Å²) >= 11 is 0. The molecule has 1 heterocycles. The van der Waals surface area contributed by atoms with Crippen LogP contribution < -0.4 is 10.0 Å². The molecule has 27 heavy (non-hydrogen) atoms. The zero-order valence-corrected chi connectivity index (χ0v) is 15.6. The van der Waals surface area contributed by atoms with Crippen LogP contribution in [0.2, 0.25) is 0 Å². The third-order valence-electron chi connectivity index (χ3n) is 3.95. The second-order valence-corrected chi connectivity index (χ2v) is 7.69. The summed E-state index contributed by atoms with van der Waals surface area (Å²) in [4.78, 5) is 12.2. The van der Waals surface area contributed by atoms with E-state index < -0.39 is 15.9 Å². The summed E-state index contributed by atoms with van der Waals surface area (Å²) in [7, 11) is -3.77. The van der Waals surface area contributed by atoms with Crippen molar-refractivity contribution < 1.29 is 13.2 Å². The lowest BCUT2D eigenvalue weighted by atomic mass is 10.1. The minimum atomic E-state index is -3.77. The van der Waals surface area contributed by atoms with E-state index in [1.165, 1.54) is 17.1 Å². The van der Waals surface area contributed by atoms with Crippen LogP contribution in [0.5, 0.6) is 0 Å². The van der Waals surface area contributed by atoms with E-state index in [0.717, 1.165) is 11.1 Å². The molecule has 9 nitrogen and oxygen atoms in total. The van der Waals surface area contributed by atoms with Crippen LogP contribution in [-0.4, -0.2) is 41.1 Å². The van der Waals surface area contributed by atoms with Crippen LogP contribution in [0.1, 0.15) is 11.1 Å². The number of tetrazole rings is 1. The molecule has 0 spiro atoms. The Bertz CT molecular complexity index is 1060. The highest BCUT2D eigenvalue weighted by Crippen LogP contribution is 2.15. The smallest absolute Gasteiger partial charge is 0.241 e. The van der Waals surface area contributed by atoms with Gasteiger partial charge in [0.1, 0.15) is 6.33 Å². The Kier molecular flexibility index (Phi) is 5.28. The topological polar surface area (TPSA) is 119 Å². The van der Waals surface area contributed by atoms with Crippen LogP contribution in [0.25, 0.3) is 5.69 Å². The van der Waals surface area contributed by atoms with Gasteiger partial charge in [-0.3, -0.25) is 4.79 Å². The average Bonchev–Trinajstić information content (AvgIpc) is 3.17. The summed E-state index contributed by atoms with van der Waals surface area (Å²) in [5, 5.41) is 13.5. The Morgan fingerprint density at radius 2 is 1.93 bits per heavy atom. The van der Waals surface area contributed by atoms with Gasteiger partial charge in [-0.25, -0.2) is 17.8 Å². The van der Waals surface area contributed by atoms with Gasteiger partial charge < -0.3 is 5.32 Å². The van der Waals surface area contributed by atoms with E-state index in [1.807, 2.05) is 13.8 Å². The molecule has 3 aromatic rings. The van der Waals surface area contributed by atoms with Crippen LogP contribution in [-0.2, 0) is 14.8 Å². The normalized spacial score (nSPS) is 11.3. The van der Waals surface area contributed by atoms with Crippen molar-refractivity contribution in [1.82, 2.24) is 24.9 Å². The van der Waals surface area contributed by atoms with Gasteiger partial charge in [-0.15, -0.1) is 5.10 Å². The van der Waals surface area contributed by atoms with E-state index >= 15 is 0 Å². The molecule has 3 rings (SSSR count). The van der Waals surface area contributed by atoms with Crippen LogP contribution in [0, 0.1) is 13.8 Å². The summed E-state index contributed by atoms with van der Waals surface area (Å²) in [6, 6.07) is 11.7. The number of hydrogen-bond donors (Lipinski definition) is 2. The molecule has 0 saturated heterocycles. The molecular weight excluding hydrogens is 368 g/mol. The molecule has 0 radical (unpaired) electrons. The fourth-order valence-corrected chi connectivity index (χ4v) is 3.40. The number of aryl methyl sites for hydroxylation is 2. The molecule has 10 heteroatoms. The van der Waals surface area contributed by atoms with Gasteiger partial charge in [-0.05, 0) is 65.7 Å². The van der Waals surface area contributed by atoms with E-state index in [9.17, 15) is 13.2 Å². The first-order valence-corrected chi connectivity index (χ1v) is 9.54. The first-order chi connectivity index (χ1) is 12.8. The van der Waals surface area contributed by atoms with Gasteiger partial charge in [-0.1, -0.05) is 12.1 Å². The quantitative estimate of drug-likeness (QED) is 0.657. The number of benzene rings is 2. The maximum atomic E-state index is 12.3. The van der Waals surface area contributed by atoms with Gasteiger partial charge in [0.05, 0.1) is 17.1 Å². The number of sulfonamides is 1. The third kappa shape index (κ3) is 4.54. The molecule has 140 valence electrons. The van der Waals surface area contributed by atoms with Gasteiger partial charge >= 0.3 is 0 Å². The number of carbonyl (C=O) groups excluding carboxylic acids is 1. The second-order valence-electron chi connectivity index (χ2n) is 5.92. The van der Waals surface area contributed by atoms with Crippen molar-refractivity contribution in [3.63, 3.8) is 0 Å². The monoisotopic (exact) mass is 386 g/mol. The molecule has 1 aromatic heterocycles. The van der Waals surface area contributed by atoms with Crippen LogP contribution in [0.3, 0.4) is 0 Å². The number of anilines is 1. The van der Waals surface area contributed by atoms with Crippen molar-refractivity contribution in [2.45, 2.75) is 18.7 Å². The lowest BCUT2D eigenvalue weighted by molar-refractivity contribution is -0.115. The number of hydrogen-bond acceptors (Lipinski definition) is 6. The van der Waals surface area contributed by atoms with Crippen LogP contribution in [0.4, 0.5) is 5.69 Å². The molecule has 0 atom stereocenters. The van der Waals surface area contributed by atoms with E-state index in [4.69, 9.17) is 0 Å². The number of rotatable bonds is 6.